The zero-order valence-electron chi connectivity index (χ0n) is 16.1. The molecule has 0 radical (unpaired) electrons. The van der Waals surface area contributed by atoms with Gasteiger partial charge in [-0.05, 0) is 71.0 Å². The van der Waals surface area contributed by atoms with Crippen molar-refractivity contribution in [2.75, 3.05) is 7.11 Å². The number of amides is 1. The highest BCUT2D eigenvalue weighted by molar-refractivity contribution is 5.93. The van der Waals surface area contributed by atoms with E-state index >= 15 is 0 Å². The van der Waals surface area contributed by atoms with Crippen LogP contribution in [0.3, 0.4) is 0 Å². The van der Waals surface area contributed by atoms with Gasteiger partial charge >= 0.3 is 0 Å². The molecule has 29 heavy (non-hydrogen) atoms. The molecule has 1 amide bonds. The molecule has 0 bridgehead atoms. The van der Waals surface area contributed by atoms with Crippen LogP contribution in [-0.4, -0.2) is 22.8 Å². The van der Waals surface area contributed by atoms with Crippen LogP contribution in [-0.2, 0) is 13.0 Å². The molecular formula is C24H22N2O3. The van der Waals surface area contributed by atoms with Crippen molar-refractivity contribution in [3.05, 3.63) is 101 Å². The summed E-state index contributed by atoms with van der Waals surface area (Å²) in [6, 6.07) is 24.0. The molecule has 1 heterocycles. The Labute approximate surface area is 169 Å². The molecule has 5 heteroatoms. The Morgan fingerprint density at radius 3 is 2.31 bits per heavy atom. The Bertz CT molecular complexity index is 1130. The summed E-state index contributed by atoms with van der Waals surface area (Å²) in [4.78, 5) is 11.4. The van der Waals surface area contributed by atoms with Crippen molar-refractivity contribution in [3.63, 3.8) is 0 Å². The summed E-state index contributed by atoms with van der Waals surface area (Å²) in [6.07, 6.45) is 2.95. The van der Waals surface area contributed by atoms with E-state index in [1.54, 1.807) is 24.7 Å². The molecule has 0 aliphatic rings. The lowest BCUT2D eigenvalue weighted by molar-refractivity contribution is 0.0706. The molecule has 0 saturated heterocycles. The number of carbonyl (C=O) groups excluding carboxylic acids is 1. The van der Waals surface area contributed by atoms with Gasteiger partial charge in [-0.15, -0.1) is 0 Å². The van der Waals surface area contributed by atoms with Crippen LogP contribution in [0.2, 0.25) is 0 Å². The minimum Gasteiger partial charge on any atom is -0.497 e. The van der Waals surface area contributed by atoms with Crippen LogP contribution in [0, 0.1) is 0 Å². The van der Waals surface area contributed by atoms with Crippen LogP contribution in [0.5, 0.6) is 5.75 Å². The van der Waals surface area contributed by atoms with Crippen LogP contribution in [0.25, 0.3) is 10.9 Å². The molecule has 3 aromatic carbocycles. The van der Waals surface area contributed by atoms with Gasteiger partial charge in [0, 0.05) is 23.8 Å². The molecule has 4 aromatic rings. The number of nitrogens with one attached hydrogen (secondary N) is 1. The quantitative estimate of drug-likeness (QED) is 0.381. The van der Waals surface area contributed by atoms with Gasteiger partial charge < -0.3 is 9.30 Å². The maximum absolute atomic E-state index is 11.4. The van der Waals surface area contributed by atoms with E-state index in [9.17, 15) is 4.79 Å². The molecule has 146 valence electrons. The Morgan fingerprint density at radius 2 is 1.62 bits per heavy atom. The predicted molar refractivity (Wildman–Crippen MR) is 113 cm³/mol. The first-order chi connectivity index (χ1) is 14.2. The number of benzene rings is 3. The fourth-order valence-electron chi connectivity index (χ4n) is 3.50. The van der Waals surface area contributed by atoms with Crippen molar-refractivity contribution >= 4 is 16.8 Å². The first kappa shape index (κ1) is 18.8. The topological polar surface area (TPSA) is 63.5 Å². The van der Waals surface area contributed by atoms with Crippen LogP contribution in [0.4, 0.5) is 0 Å². The number of aromatic nitrogens is 1. The fraction of sp³-hybridized carbons (Fsp3) is 0.125. The molecule has 1 aromatic heterocycles. The minimum absolute atomic E-state index is 0.428. The number of hydrogen-bond acceptors (Lipinski definition) is 3. The van der Waals surface area contributed by atoms with E-state index in [1.807, 2.05) is 24.3 Å². The Balaban J connectivity index is 1.51. The van der Waals surface area contributed by atoms with Gasteiger partial charge in [0.25, 0.3) is 5.91 Å². The van der Waals surface area contributed by atoms with Crippen molar-refractivity contribution in [3.8, 4) is 5.75 Å². The average Bonchev–Trinajstić information content (AvgIpc) is 3.16. The Kier molecular flexibility index (Phi) is 5.31. The van der Waals surface area contributed by atoms with Gasteiger partial charge in [-0.3, -0.25) is 10.0 Å². The molecule has 0 aliphatic heterocycles. The third-order valence-corrected chi connectivity index (χ3v) is 5.07. The van der Waals surface area contributed by atoms with Crippen molar-refractivity contribution in [2.24, 2.45) is 0 Å². The monoisotopic (exact) mass is 386 g/mol. The van der Waals surface area contributed by atoms with E-state index in [-0.39, 0.29) is 0 Å². The van der Waals surface area contributed by atoms with Gasteiger partial charge in [-0.25, -0.2) is 5.48 Å². The highest BCUT2D eigenvalue weighted by atomic mass is 16.5. The summed E-state index contributed by atoms with van der Waals surface area (Å²) in [5.41, 5.74) is 6.84. The highest BCUT2D eigenvalue weighted by Gasteiger charge is 2.06. The van der Waals surface area contributed by atoms with Gasteiger partial charge in [-0.1, -0.05) is 30.3 Å². The number of ether oxygens (including phenoxy) is 1. The number of fused-ring (bicyclic) bond motifs is 1. The van der Waals surface area contributed by atoms with E-state index in [0.717, 1.165) is 17.7 Å². The third kappa shape index (κ3) is 4.15. The maximum Gasteiger partial charge on any atom is 0.274 e. The molecule has 0 fully saturated rings. The second kappa shape index (κ2) is 8.20. The lowest BCUT2D eigenvalue weighted by atomic mass is 10.0. The maximum atomic E-state index is 11.4. The molecule has 0 saturated carbocycles. The van der Waals surface area contributed by atoms with Crippen LogP contribution < -0.4 is 10.2 Å². The van der Waals surface area contributed by atoms with E-state index in [0.29, 0.717) is 12.1 Å². The second-order valence-corrected chi connectivity index (χ2v) is 7.00. The zero-order chi connectivity index (χ0) is 20.2. The zero-order valence-corrected chi connectivity index (χ0v) is 16.1. The molecule has 0 aliphatic carbocycles. The summed E-state index contributed by atoms with van der Waals surface area (Å²) >= 11 is 0. The number of carbonyl (C=O) groups is 1. The first-order valence-electron chi connectivity index (χ1n) is 9.40. The Hall–Kier alpha value is -3.57. The summed E-state index contributed by atoms with van der Waals surface area (Å²) in [7, 11) is 1.67. The van der Waals surface area contributed by atoms with E-state index in [4.69, 9.17) is 9.94 Å². The van der Waals surface area contributed by atoms with E-state index in [2.05, 4.69) is 47.2 Å². The van der Waals surface area contributed by atoms with E-state index in [1.165, 1.54) is 22.0 Å². The number of hydroxylamine groups is 1. The Morgan fingerprint density at radius 1 is 0.931 bits per heavy atom. The standard InChI is InChI=1S/C24H22N2O3/c1-29-22-9-4-17(5-10-22)14-19-6-11-23-21(15-19)12-13-26(23)16-18-2-7-20(8-3-18)24(27)25-28/h2-13,15,28H,14,16H2,1H3,(H,25,27). The molecule has 0 atom stereocenters. The van der Waals surface area contributed by atoms with Gasteiger partial charge in [0.15, 0.2) is 0 Å². The van der Waals surface area contributed by atoms with Gasteiger partial charge in [0.05, 0.1) is 7.11 Å². The summed E-state index contributed by atoms with van der Waals surface area (Å²) in [5, 5.41) is 9.91. The molecular weight excluding hydrogens is 364 g/mol. The normalized spacial score (nSPS) is 10.8. The lowest BCUT2D eigenvalue weighted by Crippen LogP contribution is -2.18. The molecule has 0 spiro atoms. The molecule has 2 N–H and O–H groups in total. The smallest absolute Gasteiger partial charge is 0.274 e. The number of rotatable bonds is 6. The largest absolute Gasteiger partial charge is 0.497 e. The van der Waals surface area contributed by atoms with Gasteiger partial charge in [0.1, 0.15) is 5.75 Å². The van der Waals surface area contributed by atoms with Gasteiger partial charge in [-0.2, -0.15) is 0 Å². The summed E-state index contributed by atoms with van der Waals surface area (Å²) in [6.45, 7) is 0.711. The average molecular weight is 386 g/mol. The number of hydrogen-bond donors (Lipinski definition) is 2. The lowest BCUT2D eigenvalue weighted by Gasteiger charge is -2.08. The minimum atomic E-state index is -0.507. The van der Waals surface area contributed by atoms with Crippen molar-refractivity contribution in [2.45, 2.75) is 13.0 Å². The third-order valence-electron chi connectivity index (χ3n) is 5.07. The van der Waals surface area contributed by atoms with Crippen LogP contribution in [0.1, 0.15) is 27.0 Å². The summed E-state index contributed by atoms with van der Waals surface area (Å²) in [5.74, 6) is 0.360. The fourth-order valence-corrected chi connectivity index (χ4v) is 3.50. The summed E-state index contributed by atoms with van der Waals surface area (Å²) < 4.78 is 7.41. The number of nitrogens with zero attached hydrogens (tertiary/aromatic N) is 1. The van der Waals surface area contributed by atoms with Crippen LogP contribution >= 0.6 is 0 Å². The second-order valence-electron chi connectivity index (χ2n) is 7.00. The number of methoxy groups -OCH3 is 1. The van der Waals surface area contributed by atoms with Crippen molar-refractivity contribution in [1.82, 2.24) is 10.0 Å². The van der Waals surface area contributed by atoms with Crippen molar-refractivity contribution in [1.29, 1.82) is 0 Å². The first-order valence-corrected chi connectivity index (χ1v) is 9.40. The van der Waals surface area contributed by atoms with Crippen molar-refractivity contribution < 1.29 is 14.7 Å². The molecule has 4 rings (SSSR count). The molecule has 0 unspecified atom stereocenters. The molecule has 5 nitrogen and oxygen atoms in total. The van der Waals surface area contributed by atoms with Crippen LogP contribution in [0.15, 0.2) is 79.0 Å². The predicted octanol–water partition coefficient (Wildman–Crippen LogP) is 4.41. The van der Waals surface area contributed by atoms with Gasteiger partial charge in [0.2, 0.25) is 0 Å². The van der Waals surface area contributed by atoms with E-state index < -0.39 is 5.91 Å². The highest BCUT2D eigenvalue weighted by Crippen LogP contribution is 2.22. The SMILES string of the molecule is COc1ccc(Cc2ccc3c(ccn3Cc3ccc(C(=O)NO)cc3)c2)cc1.